The molecule has 2 aliphatic heterocycles. The van der Waals surface area contributed by atoms with Crippen molar-refractivity contribution in [1.29, 1.82) is 0 Å². The zero-order chi connectivity index (χ0) is 15.7. The Balaban J connectivity index is 1.70. The number of methoxy groups -OCH3 is 1. The summed E-state index contributed by atoms with van der Waals surface area (Å²) in [4.78, 5) is 5.39. The second-order valence-corrected chi connectivity index (χ2v) is 7.11. The van der Waals surface area contributed by atoms with E-state index in [4.69, 9.17) is 4.74 Å². The summed E-state index contributed by atoms with van der Waals surface area (Å²) in [6.45, 7) is 13.5. The Labute approximate surface area is 135 Å². The van der Waals surface area contributed by atoms with E-state index >= 15 is 0 Å². The van der Waals surface area contributed by atoms with E-state index in [0.29, 0.717) is 6.04 Å². The van der Waals surface area contributed by atoms with Crippen LogP contribution in [0.5, 0.6) is 0 Å². The number of nitrogens with zero attached hydrogens (tertiary/aromatic N) is 3. The van der Waals surface area contributed by atoms with Crippen molar-refractivity contribution in [2.45, 2.75) is 58.8 Å². The van der Waals surface area contributed by atoms with E-state index in [1.54, 1.807) is 7.11 Å². The van der Waals surface area contributed by atoms with Crippen molar-refractivity contribution in [3.8, 4) is 0 Å². The number of ether oxygens (including phenoxy) is 1. The summed E-state index contributed by atoms with van der Waals surface area (Å²) < 4.78 is 7.64. The molecule has 0 aromatic carbocycles. The molecule has 2 fully saturated rings. The van der Waals surface area contributed by atoms with Crippen LogP contribution in [0.3, 0.4) is 0 Å². The van der Waals surface area contributed by atoms with Crippen LogP contribution in [0.15, 0.2) is 6.07 Å². The quantitative estimate of drug-likeness (QED) is 0.833. The zero-order valence-electron chi connectivity index (χ0n) is 14.6. The molecule has 3 heterocycles. The van der Waals surface area contributed by atoms with Crippen molar-refractivity contribution in [3.63, 3.8) is 0 Å². The average molecular weight is 305 g/mol. The fourth-order valence-corrected chi connectivity index (χ4v) is 4.25. The maximum Gasteiger partial charge on any atom is 0.0641 e. The minimum atomic E-state index is 0.663. The summed E-state index contributed by atoms with van der Waals surface area (Å²) in [5, 5.41) is 0. The standard InChI is InChI=1S/C18H31N3O/c1-14-10-17(16(3)21(14)8-9-22-4)12-20-13-18-6-5-7-19(18)11-15(20)2/h10,15,18H,5-9,11-13H2,1-4H3/t15-,18?/m0/s1. The Morgan fingerprint density at radius 3 is 2.86 bits per heavy atom. The van der Waals surface area contributed by atoms with Crippen molar-refractivity contribution in [2.24, 2.45) is 0 Å². The van der Waals surface area contributed by atoms with Gasteiger partial charge in [0.1, 0.15) is 0 Å². The van der Waals surface area contributed by atoms with Crippen LogP contribution in [-0.2, 0) is 17.8 Å². The van der Waals surface area contributed by atoms with E-state index in [9.17, 15) is 0 Å². The van der Waals surface area contributed by atoms with Crippen LogP contribution in [0.4, 0.5) is 0 Å². The van der Waals surface area contributed by atoms with Crippen LogP contribution in [0, 0.1) is 13.8 Å². The fraction of sp³-hybridized carbons (Fsp3) is 0.778. The zero-order valence-corrected chi connectivity index (χ0v) is 14.6. The van der Waals surface area contributed by atoms with Crippen molar-refractivity contribution in [1.82, 2.24) is 14.4 Å². The topological polar surface area (TPSA) is 20.6 Å². The summed E-state index contributed by atoms with van der Waals surface area (Å²) >= 11 is 0. The van der Waals surface area contributed by atoms with Gasteiger partial charge in [-0.3, -0.25) is 9.80 Å². The van der Waals surface area contributed by atoms with Crippen LogP contribution in [-0.4, -0.2) is 59.8 Å². The first-order chi connectivity index (χ1) is 10.6. The van der Waals surface area contributed by atoms with Gasteiger partial charge in [0.25, 0.3) is 0 Å². The Bertz CT molecular complexity index is 511. The normalized spacial score (nSPS) is 26.5. The SMILES string of the molecule is COCCn1c(C)cc(CN2CC3CCCN3C[C@@H]2C)c1C. The largest absolute Gasteiger partial charge is 0.383 e. The van der Waals surface area contributed by atoms with Crippen LogP contribution in [0.1, 0.15) is 36.7 Å². The van der Waals surface area contributed by atoms with Gasteiger partial charge in [-0.2, -0.15) is 0 Å². The Kier molecular flexibility index (Phi) is 4.91. The Hall–Kier alpha value is -0.840. The maximum atomic E-state index is 5.24. The van der Waals surface area contributed by atoms with Gasteiger partial charge in [-0.1, -0.05) is 0 Å². The first-order valence-electron chi connectivity index (χ1n) is 8.72. The summed E-state index contributed by atoms with van der Waals surface area (Å²) in [5.41, 5.74) is 4.26. The molecule has 1 unspecified atom stereocenters. The lowest BCUT2D eigenvalue weighted by atomic mass is 10.1. The molecule has 1 aromatic heterocycles. The van der Waals surface area contributed by atoms with E-state index in [1.807, 2.05) is 0 Å². The second kappa shape index (κ2) is 6.73. The lowest BCUT2D eigenvalue weighted by Crippen LogP contribution is -2.54. The third-order valence-electron chi connectivity index (χ3n) is 5.64. The number of aromatic nitrogens is 1. The van der Waals surface area contributed by atoms with Crippen molar-refractivity contribution < 1.29 is 4.74 Å². The van der Waals surface area contributed by atoms with Crippen LogP contribution >= 0.6 is 0 Å². The van der Waals surface area contributed by atoms with Crippen LogP contribution in [0.25, 0.3) is 0 Å². The molecule has 0 amide bonds. The van der Waals surface area contributed by atoms with Gasteiger partial charge in [-0.25, -0.2) is 0 Å². The molecule has 0 aliphatic carbocycles. The lowest BCUT2D eigenvalue weighted by molar-refractivity contribution is 0.0539. The van der Waals surface area contributed by atoms with Crippen LogP contribution < -0.4 is 0 Å². The monoisotopic (exact) mass is 305 g/mol. The number of rotatable bonds is 5. The molecular formula is C18H31N3O. The minimum absolute atomic E-state index is 0.663. The second-order valence-electron chi connectivity index (χ2n) is 7.11. The molecule has 1 aromatic rings. The predicted molar refractivity (Wildman–Crippen MR) is 90.2 cm³/mol. The first-order valence-corrected chi connectivity index (χ1v) is 8.72. The van der Waals surface area contributed by atoms with Crippen LogP contribution in [0.2, 0.25) is 0 Å². The molecule has 2 aliphatic rings. The van der Waals surface area contributed by atoms with E-state index in [2.05, 4.69) is 41.2 Å². The van der Waals surface area contributed by atoms with Gasteiger partial charge in [-0.15, -0.1) is 0 Å². The molecule has 4 nitrogen and oxygen atoms in total. The van der Waals surface area contributed by atoms with E-state index in [1.165, 1.54) is 49.4 Å². The van der Waals surface area contributed by atoms with Crippen molar-refractivity contribution in [2.75, 3.05) is 33.4 Å². The number of fused-ring (bicyclic) bond motifs is 1. The highest BCUT2D eigenvalue weighted by atomic mass is 16.5. The number of aryl methyl sites for hydroxylation is 1. The van der Waals surface area contributed by atoms with Gasteiger partial charge < -0.3 is 9.30 Å². The van der Waals surface area contributed by atoms with Gasteiger partial charge >= 0.3 is 0 Å². The molecule has 0 saturated carbocycles. The number of hydrogen-bond acceptors (Lipinski definition) is 3. The van der Waals surface area contributed by atoms with Crippen molar-refractivity contribution in [3.05, 3.63) is 23.0 Å². The fourth-order valence-electron chi connectivity index (χ4n) is 4.25. The molecular weight excluding hydrogens is 274 g/mol. The smallest absolute Gasteiger partial charge is 0.0641 e. The molecule has 0 N–H and O–H groups in total. The summed E-state index contributed by atoms with van der Waals surface area (Å²) in [6.07, 6.45) is 2.77. The molecule has 2 saturated heterocycles. The number of hydrogen-bond donors (Lipinski definition) is 0. The summed E-state index contributed by atoms with van der Waals surface area (Å²) in [5.74, 6) is 0. The molecule has 4 heteroatoms. The average Bonchev–Trinajstić information content (AvgIpc) is 3.03. The van der Waals surface area contributed by atoms with Gasteiger partial charge in [0.2, 0.25) is 0 Å². The highest BCUT2D eigenvalue weighted by Crippen LogP contribution is 2.27. The third-order valence-corrected chi connectivity index (χ3v) is 5.64. The molecule has 22 heavy (non-hydrogen) atoms. The van der Waals surface area contributed by atoms with E-state index < -0.39 is 0 Å². The van der Waals surface area contributed by atoms with E-state index in [0.717, 1.165) is 25.7 Å². The van der Waals surface area contributed by atoms with Gasteiger partial charge in [0.05, 0.1) is 6.61 Å². The Morgan fingerprint density at radius 1 is 1.27 bits per heavy atom. The molecule has 0 spiro atoms. The van der Waals surface area contributed by atoms with Gasteiger partial charge in [0, 0.05) is 56.8 Å². The highest BCUT2D eigenvalue weighted by molar-refractivity contribution is 5.27. The molecule has 124 valence electrons. The van der Waals surface area contributed by atoms with Gasteiger partial charge in [0.15, 0.2) is 0 Å². The number of piperazine rings is 1. The first kappa shape index (κ1) is 16.0. The highest BCUT2D eigenvalue weighted by Gasteiger charge is 2.34. The summed E-state index contributed by atoms with van der Waals surface area (Å²) in [7, 11) is 1.78. The molecule has 3 rings (SSSR count). The molecule has 0 bridgehead atoms. The maximum absolute atomic E-state index is 5.24. The molecule has 0 radical (unpaired) electrons. The predicted octanol–water partition coefficient (Wildman–Crippen LogP) is 2.42. The minimum Gasteiger partial charge on any atom is -0.383 e. The molecule has 2 atom stereocenters. The lowest BCUT2D eigenvalue weighted by Gasteiger charge is -2.42. The Morgan fingerprint density at radius 2 is 2.09 bits per heavy atom. The van der Waals surface area contributed by atoms with Crippen molar-refractivity contribution >= 4 is 0 Å². The van der Waals surface area contributed by atoms with Gasteiger partial charge in [-0.05, 0) is 51.8 Å². The van der Waals surface area contributed by atoms with E-state index in [-0.39, 0.29) is 0 Å². The summed E-state index contributed by atoms with van der Waals surface area (Å²) in [6, 6.07) is 3.84. The third kappa shape index (κ3) is 3.10.